The van der Waals surface area contributed by atoms with Crippen molar-refractivity contribution in [1.29, 1.82) is 0 Å². The van der Waals surface area contributed by atoms with Crippen LogP contribution < -0.4 is 10.1 Å². The van der Waals surface area contributed by atoms with Gasteiger partial charge in [-0.2, -0.15) is 13.2 Å². The number of carbonyl (C=O) groups is 7. The maximum absolute atomic E-state index is 14.0. The highest BCUT2D eigenvalue weighted by Gasteiger charge is 2.56. The fraction of sp³-hybridized carbons (Fsp3) is 0.457. The third-order valence-corrected chi connectivity index (χ3v) is 9.29. The summed E-state index contributed by atoms with van der Waals surface area (Å²) in [5.74, 6) is -11.4. The molecular weight excluding hydrogens is 763 g/mol. The minimum absolute atomic E-state index is 0.102. The minimum Gasteiger partial charge on any atom is -0.507 e. The molecule has 0 bridgehead atoms. The number of Topliss-reactive ketones (excluding diaryl/α,β-unsaturated/α-hetero) is 1. The Morgan fingerprint density at radius 1 is 0.929 bits per heavy atom. The predicted molar refractivity (Wildman–Crippen MR) is 173 cm³/mol. The van der Waals surface area contributed by atoms with E-state index in [9.17, 15) is 67.2 Å². The van der Waals surface area contributed by atoms with E-state index in [4.69, 9.17) is 28.4 Å². The van der Waals surface area contributed by atoms with Gasteiger partial charge in [0.25, 0.3) is 0 Å². The number of fused-ring (bicyclic) bond motifs is 3. The van der Waals surface area contributed by atoms with Crippen molar-refractivity contribution >= 4 is 41.2 Å². The van der Waals surface area contributed by atoms with Crippen LogP contribution in [0.2, 0.25) is 0 Å². The topological polar surface area (TPSA) is 268 Å². The summed E-state index contributed by atoms with van der Waals surface area (Å²) in [4.78, 5) is 89.4. The zero-order chi connectivity index (χ0) is 41.6. The number of aromatic hydroxyl groups is 2. The molecule has 302 valence electrons. The van der Waals surface area contributed by atoms with Gasteiger partial charge in [0.05, 0.1) is 29.9 Å². The SMILES string of the molecule is COc1cccc2c1C(=O)c1c(O)c3c(c(O)c1C2=O)CC(O)(C(=O)CO)CC3OC1OC(COC(C)=O)C(OC(C)=O)C(OC(C)=O)C1NC(=O)C(F)(F)F. The van der Waals surface area contributed by atoms with Crippen LogP contribution in [-0.2, 0) is 54.1 Å². The van der Waals surface area contributed by atoms with Crippen molar-refractivity contribution in [3.05, 3.63) is 51.6 Å². The number of rotatable bonds is 10. The van der Waals surface area contributed by atoms with E-state index < -0.39 is 149 Å². The van der Waals surface area contributed by atoms with Crippen molar-refractivity contribution in [3.63, 3.8) is 0 Å². The molecule has 2 aromatic carbocycles. The Hall–Kier alpha value is -5.64. The molecule has 2 aliphatic carbocycles. The first-order valence-electron chi connectivity index (χ1n) is 16.5. The number of amides is 1. The Kier molecular flexibility index (Phi) is 11.5. The lowest BCUT2D eigenvalue weighted by Gasteiger charge is -2.47. The monoisotopic (exact) mass is 797 g/mol. The average molecular weight is 798 g/mol. The summed E-state index contributed by atoms with van der Waals surface area (Å²) < 4.78 is 73.6. The van der Waals surface area contributed by atoms with Crippen LogP contribution in [0.3, 0.4) is 0 Å². The normalized spacial score (nSPS) is 25.5. The quantitative estimate of drug-likeness (QED) is 0.105. The third-order valence-electron chi connectivity index (χ3n) is 9.29. The van der Waals surface area contributed by atoms with Gasteiger partial charge in [-0.15, -0.1) is 0 Å². The number of ketones is 3. The molecule has 3 aliphatic rings. The molecule has 1 fully saturated rings. The number of benzene rings is 2. The molecule has 1 aliphatic heterocycles. The number of carbonyl (C=O) groups excluding carboxylic acids is 7. The van der Waals surface area contributed by atoms with Crippen molar-refractivity contribution < 1.29 is 95.6 Å². The van der Waals surface area contributed by atoms with Crippen LogP contribution in [0.5, 0.6) is 17.2 Å². The molecule has 2 aromatic rings. The summed E-state index contributed by atoms with van der Waals surface area (Å²) in [6, 6.07) is 1.64. The standard InChI is InChI=1S/C35H34F3NO17/c1-12(41)52-11-19-30(53-13(2)42)31(54-14(3)43)25(39-33(49)35(36,37)38)32(56-19)55-18-9-34(50,20(44)10-40)8-16-22(18)29(48)24-23(27(16)46)26(45)15-6-5-7-17(51-4)21(15)28(24)47/h5-7,18-19,25,30-32,40,46,48,50H,8-11H2,1-4H3,(H,39,49). The zero-order valence-electron chi connectivity index (χ0n) is 29.8. The highest BCUT2D eigenvalue weighted by molar-refractivity contribution is 6.31. The van der Waals surface area contributed by atoms with Crippen LogP contribution in [0.25, 0.3) is 0 Å². The maximum atomic E-state index is 14.0. The van der Waals surface area contributed by atoms with E-state index in [0.29, 0.717) is 0 Å². The third kappa shape index (κ3) is 7.61. The van der Waals surface area contributed by atoms with Gasteiger partial charge in [0.2, 0.25) is 5.78 Å². The molecule has 5 N–H and O–H groups in total. The highest BCUT2D eigenvalue weighted by Crippen LogP contribution is 2.52. The van der Waals surface area contributed by atoms with E-state index in [1.807, 2.05) is 0 Å². The first kappa shape index (κ1) is 41.5. The lowest BCUT2D eigenvalue weighted by molar-refractivity contribution is -0.293. The second-order valence-electron chi connectivity index (χ2n) is 13.0. The number of phenols is 2. The predicted octanol–water partition coefficient (Wildman–Crippen LogP) is 0.377. The number of esters is 3. The molecule has 5 rings (SSSR count). The van der Waals surface area contributed by atoms with Gasteiger partial charge in [-0.3, -0.25) is 33.6 Å². The lowest BCUT2D eigenvalue weighted by Crippen LogP contribution is -2.67. The molecule has 7 atom stereocenters. The number of ether oxygens (including phenoxy) is 6. The van der Waals surface area contributed by atoms with Crippen LogP contribution in [-0.4, -0.2) is 124 Å². The molecule has 1 heterocycles. The molecule has 0 saturated carbocycles. The van der Waals surface area contributed by atoms with Crippen LogP contribution in [0.4, 0.5) is 13.2 Å². The number of aliphatic hydroxyl groups excluding tert-OH is 1. The largest absolute Gasteiger partial charge is 0.507 e. The molecule has 7 unspecified atom stereocenters. The smallest absolute Gasteiger partial charge is 0.471 e. The van der Waals surface area contributed by atoms with Crippen molar-refractivity contribution in [3.8, 4) is 17.2 Å². The number of methoxy groups -OCH3 is 1. The van der Waals surface area contributed by atoms with Crippen LogP contribution in [0, 0.1) is 0 Å². The average Bonchev–Trinajstić information content (AvgIpc) is 3.11. The van der Waals surface area contributed by atoms with Gasteiger partial charge in [0, 0.05) is 50.3 Å². The summed E-state index contributed by atoms with van der Waals surface area (Å²) >= 11 is 0. The minimum atomic E-state index is -5.60. The van der Waals surface area contributed by atoms with Gasteiger partial charge in [-0.25, -0.2) is 0 Å². The fourth-order valence-electron chi connectivity index (χ4n) is 6.96. The molecule has 18 nitrogen and oxygen atoms in total. The first-order chi connectivity index (χ1) is 26.1. The van der Waals surface area contributed by atoms with Crippen molar-refractivity contribution in [2.24, 2.45) is 0 Å². The molecule has 1 saturated heterocycles. The second kappa shape index (κ2) is 15.5. The van der Waals surface area contributed by atoms with Gasteiger partial charge >= 0.3 is 30.0 Å². The number of halogens is 3. The van der Waals surface area contributed by atoms with Gasteiger partial charge in [0.15, 0.2) is 30.1 Å². The van der Waals surface area contributed by atoms with E-state index in [0.717, 1.165) is 20.8 Å². The van der Waals surface area contributed by atoms with Crippen LogP contribution >= 0.6 is 0 Å². The van der Waals surface area contributed by atoms with Crippen molar-refractivity contribution in [2.75, 3.05) is 20.3 Å². The number of aliphatic hydroxyl groups is 2. The Morgan fingerprint density at radius 3 is 2.12 bits per heavy atom. The molecule has 1 amide bonds. The number of nitrogens with one attached hydrogen (secondary N) is 1. The van der Waals surface area contributed by atoms with Gasteiger partial charge in [-0.1, -0.05) is 12.1 Å². The van der Waals surface area contributed by atoms with Gasteiger partial charge in [0.1, 0.15) is 48.2 Å². The fourth-order valence-corrected chi connectivity index (χ4v) is 6.96. The van der Waals surface area contributed by atoms with E-state index in [2.05, 4.69) is 0 Å². The Morgan fingerprint density at radius 2 is 1.55 bits per heavy atom. The molecule has 0 aromatic heterocycles. The van der Waals surface area contributed by atoms with E-state index in [1.54, 1.807) is 5.32 Å². The van der Waals surface area contributed by atoms with E-state index >= 15 is 0 Å². The molecule has 0 spiro atoms. The summed E-state index contributed by atoms with van der Waals surface area (Å²) in [6.07, 6.45) is -17.7. The summed E-state index contributed by atoms with van der Waals surface area (Å²) in [6.45, 7) is 0.493. The number of phenolic OH excluding ortho intramolecular Hbond substituents is 2. The second-order valence-corrected chi connectivity index (χ2v) is 13.0. The Bertz CT molecular complexity index is 2010. The maximum Gasteiger partial charge on any atom is 0.471 e. The molecule has 0 radical (unpaired) electrons. The van der Waals surface area contributed by atoms with E-state index in [-0.39, 0.29) is 16.9 Å². The number of hydrogen-bond donors (Lipinski definition) is 5. The number of hydrogen-bond acceptors (Lipinski definition) is 17. The first-order valence-corrected chi connectivity index (χ1v) is 16.5. The Balaban J connectivity index is 1.73. The highest BCUT2D eigenvalue weighted by atomic mass is 19.4. The van der Waals surface area contributed by atoms with Crippen LogP contribution in [0.15, 0.2) is 18.2 Å². The van der Waals surface area contributed by atoms with Gasteiger partial charge < -0.3 is 54.2 Å². The molecular formula is C35H34F3NO17. The molecule has 56 heavy (non-hydrogen) atoms. The summed E-state index contributed by atoms with van der Waals surface area (Å²) in [7, 11) is 1.19. The summed E-state index contributed by atoms with van der Waals surface area (Å²) in [5, 5.41) is 46.3. The zero-order valence-corrected chi connectivity index (χ0v) is 29.8. The van der Waals surface area contributed by atoms with Crippen molar-refractivity contribution in [1.82, 2.24) is 5.32 Å². The van der Waals surface area contributed by atoms with Crippen molar-refractivity contribution in [2.45, 2.75) is 82.1 Å². The summed E-state index contributed by atoms with van der Waals surface area (Å²) in [5.41, 5.74) is -5.99. The van der Waals surface area contributed by atoms with Crippen LogP contribution in [0.1, 0.15) is 76.3 Å². The molecule has 21 heteroatoms. The Labute approximate surface area is 313 Å². The van der Waals surface area contributed by atoms with E-state index in [1.165, 1.54) is 25.3 Å². The number of alkyl halides is 3. The van der Waals surface area contributed by atoms with Gasteiger partial charge in [-0.05, 0) is 6.07 Å². The lowest BCUT2D eigenvalue weighted by atomic mass is 9.72.